The summed E-state index contributed by atoms with van der Waals surface area (Å²) in [5.41, 5.74) is 6.31. The Balaban J connectivity index is 1.75. The molecule has 0 bridgehead atoms. The van der Waals surface area contributed by atoms with Crippen molar-refractivity contribution in [1.82, 2.24) is 25.0 Å². The summed E-state index contributed by atoms with van der Waals surface area (Å²) in [6.45, 7) is 6.30. The van der Waals surface area contributed by atoms with E-state index < -0.39 is 0 Å². The van der Waals surface area contributed by atoms with Gasteiger partial charge in [-0.15, -0.1) is 5.10 Å². The Labute approximate surface area is 140 Å². The predicted molar refractivity (Wildman–Crippen MR) is 95.7 cm³/mol. The van der Waals surface area contributed by atoms with E-state index in [2.05, 4.69) is 71.4 Å². The molecule has 2 heterocycles. The zero-order valence-electron chi connectivity index (χ0n) is 14.0. The molecule has 0 saturated carbocycles. The van der Waals surface area contributed by atoms with Gasteiger partial charge >= 0.3 is 0 Å². The lowest BCUT2D eigenvalue weighted by molar-refractivity contribution is 0.530. The molecule has 0 aliphatic rings. The summed E-state index contributed by atoms with van der Waals surface area (Å²) in [5.74, 6) is 0.883. The van der Waals surface area contributed by atoms with Crippen LogP contribution in [-0.2, 0) is 0 Å². The van der Waals surface area contributed by atoms with Gasteiger partial charge in [0.2, 0.25) is 0 Å². The molecule has 0 saturated heterocycles. The maximum atomic E-state index is 4.54. The second-order valence-corrected chi connectivity index (χ2v) is 6.29. The fourth-order valence-corrected chi connectivity index (χ4v) is 2.93. The van der Waals surface area contributed by atoms with E-state index in [0.29, 0.717) is 6.04 Å². The number of nitrogens with one attached hydrogen (secondary N) is 1. The number of imidazole rings is 1. The van der Waals surface area contributed by atoms with Gasteiger partial charge in [-0.1, -0.05) is 35.5 Å². The standard InChI is InChI=1S/C19H19N5/c1-12(2)24-18-9-8-14(10-16(18)22-23-24)17-11-20-19(21-17)15-7-5-4-6-13(15)3/h4-12H,1-3H3,(H,20,21). The molecule has 4 rings (SSSR count). The van der Waals surface area contributed by atoms with E-state index in [1.54, 1.807) is 0 Å². The lowest BCUT2D eigenvalue weighted by atomic mass is 10.1. The van der Waals surface area contributed by atoms with Crippen molar-refractivity contribution in [2.24, 2.45) is 0 Å². The highest BCUT2D eigenvalue weighted by Crippen LogP contribution is 2.26. The molecule has 4 aromatic rings. The van der Waals surface area contributed by atoms with Crippen molar-refractivity contribution in [1.29, 1.82) is 0 Å². The van der Waals surface area contributed by atoms with Gasteiger partial charge in [0.1, 0.15) is 11.3 Å². The van der Waals surface area contributed by atoms with Gasteiger partial charge in [0.25, 0.3) is 0 Å². The quantitative estimate of drug-likeness (QED) is 0.610. The van der Waals surface area contributed by atoms with Crippen LogP contribution in [-0.4, -0.2) is 25.0 Å². The minimum atomic E-state index is 0.292. The molecule has 0 aliphatic heterocycles. The van der Waals surface area contributed by atoms with Crippen molar-refractivity contribution >= 4 is 11.0 Å². The largest absolute Gasteiger partial charge is 0.338 e. The van der Waals surface area contributed by atoms with Gasteiger partial charge in [-0.25, -0.2) is 9.67 Å². The average Bonchev–Trinajstić information content (AvgIpc) is 3.21. The topological polar surface area (TPSA) is 59.4 Å². The van der Waals surface area contributed by atoms with Gasteiger partial charge in [-0.05, 0) is 38.5 Å². The molecule has 1 N–H and O–H groups in total. The number of aromatic amines is 1. The highest BCUT2D eigenvalue weighted by molar-refractivity contribution is 5.81. The minimum absolute atomic E-state index is 0.292. The summed E-state index contributed by atoms with van der Waals surface area (Å²) in [7, 11) is 0. The average molecular weight is 317 g/mol. The first kappa shape index (κ1) is 14.6. The Morgan fingerprint density at radius 2 is 1.92 bits per heavy atom. The predicted octanol–water partition coefficient (Wildman–Crippen LogP) is 4.38. The van der Waals surface area contributed by atoms with Crippen LogP contribution in [0.25, 0.3) is 33.7 Å². The van der Waals surface area contributed by atoms with Gasteiger partial charge in [-0.2, -0.15) is 0 Å². The minimum Gasteiger partial charge on any atom is -0.338 e. The van der Waals surface area contributed by atoms with Crippen LogP contribution >= 0.6 is 0 Å². The Morgan fingerprint density at radius 1 is 1.08 bits per heavy atom. The third-order valence-electron chi connectivity index (χ3n) is 4.25. The van der Waals surface area contributed by atoms with Gasteiger partial charge in [-0.3, -0.25) is 0 Å². The van der Waals surface area contributed by atoms with Gasteiger partial charge in [0.15, 0.2) is 0 Å². The van der Waals surface area contributed by atoms with Crippen LogP contribution in [0.3, 0.4) is 0 Å². The zero-order valence-corrected chi connectivity index (χ0v) is 14.0. The number of benzene rings is 2. The number of hydrogen-bond acceptors (Lipinski definition) is 3. The highest BCUT2D eigenvalue weighted by Gasteiger charge is 2.11. The van der Waals surface area contributed by atoms with E-state index in [-0.39, 0.29) is 0 Å². The third kappa shape index (κ3) is 2.38. The maximum Gasteiger partial charge on any atom is 0.138 e. The van der Waals surface area contributed by atoms with Crippen LogP contribution in [0.1, 0.15) is 25.5 Å². The molecule has 5 nitrogen and oxygen atoms in total. The Hall–Kier alpha value is -2.95. The smallest absolute Gasteiger partial charge is 0.138 e. The number of rotatable bonds is 3. The fourth-order valence-electron chi connectivity index (χ4n) is 2.93. The number of hydrogen-bond donors (Lipinski definition) is 1. The normalized spacial score (nSPS) is 11.5. The molecule has 0 amide bonds. The molecular formula is C19H19N5. The van der Waals surface area contributed by atoms with Crippen LogP contribution in [0.2, 0.25) is 0 Å². The van der Waals surface area contributed by atoms with Crippen LogP contribution in [0.4, 0.5) is 0 Å². The van der Waals surface area contributed by atoms with E-state index in [9.17, 15) is 0 Å². The number of aromatic nitrogens is 5. The number of aryl methyl sites for hydroxylation is 1. The summed E-state index contributed by atoms with van der Waals surface area (Å²) < 4.78 is 1.94. The number of H-pyrrole nitrogens is 1. The summed E-state index contributed by atoms with van der Waals surface area (Å²) in [4.78, 5) is 7.96. The summed E-state index contributed by atoms with van der Waals surface area (Å²) in [5, 5.41) is 8.52. The van der Waals surface area contributed by atoms with Crippen molar-refractivity contribution in [3.63, 3.8) is 0 Å². The second kappa shape index (κ2) is 5.60. The molecule has 0 fully saturated rings. The lowest BCUT2D eigenvalue weighted by Crippen LogP contribution is -2.02. The SMILES string of the molecule is Cc1ccccc1-c1ncc(-c2ccc3c(c2)nnn3C(C)C)[nH]1. The molecule has 2 aromatic carbocycles. The Kier molecular flexibility index (Phi) is 3.41. The zero-order chi connectivity index (χ0) is 16.7. The molecule has 0 aliphatic carbocycles. The van der Waals surface area contributed by atoms with Gasteiger partial charge < -0.3 is 4.98 Å². The van der Waals surface area contributed by atoms with Crippen molar-refractivity contribution in [2.45, 2.75) is 26.8 Å². The fraction of sp³-hybridized carbons (Fsp3) is 0.211. The van der Waals surface area contributed by atoms with Crippen molar-refractivity contribution < 1.29 is 0 Å². The lowest BCUT2D eigenvalue weighted by Gasteiger charge is -2.05. The van der Waals surface area contributed by atoms with Gasteiger partial charge in [0.05, 0.1) is 17.4 Å². The second-order valence-electron chi connectivity index (χ2n) is 6.29. The molecule has 2 aromatic heterocycles. The molecule has 0 atom stereocenters. The first-order valence-electron chi connectivity index (χ1n) is 8.10. The van der Waals surface area contributed by atoms with E-state index in [1.165, 1.54) is 5.56 Å². The molecule has 24 heavy (non-hydrogen) atoms. The number of nitrogens with zero attached hydrogens (tertiary/aromatic N) is 4. The molecule has 0 spiro atoms. The number of fused-ring (bicyclic) bond motifs is 1. The first-order chi connectivity index (χ1) is 11.6. The van der Waals surface area contributed by atoms with Gasteiger partial charge in [0, 0.05) is 17.2 Å². The van der Waals surface area contributed by atoms with E-state index in [4.69, 9.17) is 0 Å². The van der Waals surface area contributed by atoms with E-state index >= 15 is 0 Å². The molecule has 0 radical (unpaired) electrons. The van der Waals surface area contributed by atoms with Crippen LogP contribution in [0, 0.1) is 6.92 Å². The third-order valence-corrected chi connectivity index (χ3v) is 4.25. The molecule has 5 heteroatoms. The summed E-state index contributed by atoms with van der Waals surface area (Å²) in [6, 6.07) is 14.7. The first-order valence-corrected chi connectivity index (χ1v) is 8.10. The molecule has 120 valence electrons. The Morgan fingerprint density at radius 3 is 2.71 bits per heavy atom. The summed E-state index contributed by atoms with van der Waals surface area (Å²) >= 11 is 0. The van der Waals surface area contributed by atoms with Crippen molar-refractivity contribution in [2.75, 3.05) is 0 Å². The van der Waals surface area contributed by atoms with E-state index in [1.807, 2.05) is 23.0 Å². The monoisotopic (exact) mass is 317 g/mol. The van der Waals surface area contributed by atoms with Crippen LogP contribution < -0.4 is 0 Å². The Bertz CT molecular complexity index is 1010. The van der Waals surface area contributed by atoms with Crippen molar-refractivity contribution in [3.05, 3.63) is 54.2 Å². The van der Waals surface area contributed by atoms with Crippen LogP contribution in [0.15, 0.2) is 48.7 Å². The maximum absolute atomic E-state index is 4.54. The van der Waals surface area contributed by atoms with E-state index in [0.717, 1.165) is 33.7 Å². The van der Waals surface area contributed by atoms with Crippen molar-refractivity contribution in [3.8, 4) is 22.6 Å². The highest BCUT2D eigenvalue weighted by atomic mass is 15.4. The van der Waals surface area contributed by atoms with Crippen LogP contribution in [0.5, 0.6) is 0 Å². The molecular weight excluding hydrogens is 298 g/mol. The molecule has 0 unspecified atom stereocenters. The summed E-state index contributed by atoms with van der Waals surface area (Å²) in [6.07, 6.45) is 1.87.